The van der Waals surface area contributed by atoms with Gasteiger partial charge in [-0.05, 0) is 48.8 Å². The Bertz CT molecular complexity index is 444. The van der Waals surface area contributed by atoms with Gasteiger partial charge in [0, 0.05) is 16.7 Å². The van der Waals surface area contributed by atoms with Crippen molar-refractivity contribution < 1.29 is 0 Å². The Morgan fingerprint density at radius 1 is 1.37 bits per heavy atom. The fourth-order valence-corrected chi connectivity index (χ4v) is 3.73. The van der Waals surface area contributed by atoms with E-state index in [1.165, 1.54) is 12.8 Å². The molecule has 1 aromatic carbocycles. The summed E-state index contributed by atoms with van der Waals surface area (Å²) in [5.41, 5.74) is 7.77. The third-order valence-corrected chi connectivity index (χ3v) is 5.13. The topological polar surface area (TPSA) is 38.0 Å². The summed E-state index contributed by atoms with van der Waals surface area (Å²) in [6.07, 6.45) is 3.60. The van der Waals surface area contributed by atoms with Crippen LogP contribution >= 0.6 is 15.9 Å². The molecular weight excluding hydrogens is 300 g/mol. The molecule has 2 atom stereocenters. The average Bonchev–Trinajstić information content (AvgIpc) is 2.33. The monoisotopic (exact) mass is 324 g/mol. The summed E-state index contributed by atoms with van der Waals surface area (Å²) in [4.78, 5) is 0. The summed E-state index contributed by atoms with van der Waals surface area (Å²) in [7, 11) is 0. The highest BCUT2D eigenvalue weighted by Gasteiger charge is 2.42. The predicted molar refractivity (Wildman–Crippen MR) is 86.3 cm³/mol. The molecule has 0 bridgehead atoms. The fourth-order valence-electron chi connectivity index (χ4n) is 3.33. The van der Waals surface area contributed by atoms with Gasteiger partial charge in [-0.15, -0.1) is 0 Å². The molecular formula is C16H25BrN2. The van der Waals surface area contributed by atoms with Gasteiger partial charge in [0.15, 0.2) is 0 Å². The lowest BCUT2D eigenvalue weighted by atomic mass is 9.63. The van der Waals surface area contributed by atoms with E-state index < -0.39 is 0 Å². The second-order valence-electron chi connectivity index (χ2n) is 6.76. The van der Waals surface area contributed by atoms with Crippen LogP contribution in [0.1, 0.15) is 40.0 Å². The van der Waals surface area contributed by atoms with Gasteiger partial charge in [-0.3, -0.25) is 0 Å². The number of hydrogen-bond acceptors (Lipinski definition) is 2. The zero-order valence-corrected chi connectivity index (χ0v) is 13.8. The van der Waals surface area contributed by atoms with Crippen molar-refractivity contribution in [2.45, 2.75) is 45.6 Å². The van der Waals surface area contributed by atoms with Crippen LogP contribution in [0.4, 0.5) is 5.69 Å². The average molecular weight is 325 g/mol. The molecule has 1 aromatic rings. The zero-order valence-electron chi connectivity index (χ0n) is 12.2. The molecule has 0 amide bonds. The van der Waals surface area contributed by atoms with Gasteiger partial charge in [-0.25, -0.2) is 0 Å². The summed E-state index contributed by atoms with van der Waals surface area (Å²) in [5, 5.41) is 3.72. The maximum atomic E-state index is 6.13. The van der Waals surface area contributed by atoms with Crippen LogP contribution in [0.3, 0.4) is 0 Å². The van der Waals surface area contributed by atoms with Crippen molar-refractivity contribution in [3.8, 4) is 0 Å². The van der Waals surface area contributed by atoms with Gasteiger partial charge >= 0.3 is 0 Å². The molecule has 0 radical (unpaired) electrons. The van der Waals surface area contributed by atoms with E-state index in [-0.39, 0.29) is 5.54 Å². The van der Waals surface area contributed by atoms with E-state index in [1.807, 2.05) is 6.07 Å². The number of nitrogens with two attached hydrogens (primary N) is 1. The zero-order chi connectivity index (χ0) is 14.1. The van der Waals surface area contributed by atoms with Crippen LogP contribution in [-0.2, 0) is 0 Å². The minimum atomic E-state index is 0.0380. The van der Waals surface area contributed by atoms with Crippen LogP contribution in [-0.4, -0.2) is 12.1 Å². The lowest BCUT2D eigenvalue weighted by molar-refractivity contribution is 0.120. The van der Waals surface area contributed by atoms with Gasteiger partial charge in [0.2, 0.25) is 0 Å². The highest BCUT2D eigenvalue weighted by atomic mass is 79.9. The molecule has 1 fully saturated rings. The number of halogens is 1. The van der Waals surface area contributed by atoms with E-state index in [1.54, 1.807) is 0 Å². The van der Waals surface area contributed by atoms with Crippen molar-refractivity contribution in [3.63, 3.8) is 0 Å². The molecule has 106 valence electrons. The molecule has 0 saturated heterocycles. The van der Waals surface area contributed by atoms with Crippen LogP contribution in [0.15, 0.2) is 28.7 Å². The van der Waals surface area contributed by atoms with Gasteiger partial charge in [0.05, 0.1) is 5.54 Å². The van der Waals surface area contributed by atoms with E-state index in [0.717, 1.165) is 16.6 Å². The normalized spacial score (nSPS) is 30.1. The molecule has 3 heteroatoms. The number of hydrogen-bond donors (Lipinski definition) is 2. The quantitative estimate of drug-likeness (QED) is 0.864. The Kier molecular flexibility index (Phi) is 4.26. The summed E-state index contributed by atoms with van der Waals surface area (Å²) in [6.45, 7) is 7.75. The molecule has 2 nitrogen and oxygen atoms in total. The lowest BCUT2D eigenvalue weighted by Crippen LogP contribution is -2.54. The largest absolute Gasteiger partial charge is 0.378 e. The molecule has 2 unspecified atom stereocenters. The molecule has 0 aliphatic heterocycles. The number of anilines is 1. The van der Waals surface area contributed by atoms with Crippen LogP contribution < -0.4 is 11.1 Å². The van der Waals surface area contributed by atoms with Crippen molar-refractivity contribution in [1.82, 2.24) is 0 Å². The van der Waals surface area contributed by atoms with Crippen LogP contribution in [0.2, 0.25) is 0 Å². The smallest absolute Gasteiger partial charge is 0.0521 e. The first-order valence-electron chi connectivity index (χ1n) is 7.11. The molecule has 0 spiro atoms. The van der Waals surface area contributed by atoms with E-state index in [0.29, 0.717) is 17.9 Å². The molecule has 19 heavy (non-hydrogen) atoms. The minimum absolute atomic E-state index is 0.0380. The van der Waals surface area contributed by atoms with E-state index in [2.05, 4.69) is 60.2 Å². The van der Waals surface area contributed by atoms with E-state index in [4.69, 9.17) is 5.73 Å². The Labute approximate surface area is 125 Å². The molecule has 2 rings (SSSR count). The Balaban J connectivity index is 2.19. The van der Waals surface area contributed by atoms with Crippen LogP contribution in [0, 0.1) is 11.3 Å². The van der Waals surface area contributed by atoms with Crippen LogP contribution in [0.5, 0.6) is 0 Å². The fraction of sp³-hybridized carbons (Fsp3) is 0.625. The summed E-state index contributed by atoms with van der Waals surface area (Å²) >= 11 is 3.53. The second-order valence-corrected chi connectivity index (χ2v) is 7.68. The Hall–Kier alpha value is -0.540. The molecule has 0 heterocycles. The van der Waals surface area contributed by atoms with Crippen molar-refractivity contribution in [1.29, 1.82) is 0 Å². The summed E-state index contributed by atoms with van der Waals surface area (Å²) in [6, 6.07) is 8.36. The third kappa shape index (κ3) is 3.32. The Morgan fingerprint density at radius 2 is 2.11 bits per heavy atom. The summed E-state index contributed by atoms with van der Waals surface area (Å²) < 4.78 is 1.11. The predicted octanol–water partition coefficient (Wildman–Crippen LogP) is 4.40. The highest BCUT2D eigenvalue weighted by Crippen LogP contribution is 2.45. The first-order valence-corrected chi connectivity index (χ1v) is 7.90. The Morgan fingerprint density at radius 3 is 2.68 bits per heavy atom. The van der Waals surface area contributed by atoms with Crippen molar-refractivity contribution in [2.24, 2.45) is 17.1 Å². The lowest BCUT2D eigenvalue weighted by Gasteiger charge is -2.49. The van der Waals surface area contributed by atoms with Gasteiger partial charge in [0.25, 0.3) is 0 Å². The van der Waals surface area contributed by atoms with E-state index in [9.17, 15) is 0 Å². The van der Waals surface area contributed by atoms with Gasteiger partial charge in [-0.1, -0.05) is 42.8 Å². The van der Waals surface area contributed by atoms with Crippen molar-refractivity contribution >= 4 is 21.6 Å². The first kappa shape index (κ1) is 14.9. The van der Waals surface area contributed by atoms with Crippen molar-refractivity contribution in [2.75, 3.05) is 11.9 Å². The molecule has 1 aliphatic rings. The van der Waals surface area contributed by atoms with Crippen LogP contribution in [0.25, 0.3) is 0 Å². The maximum absolute atomic E-state index is 6.13. The molecule has 1 saturated carbocycles. The SMILES string of the molecule is CC1CC(C)(C)CCC1(CN)Nc1cccc(Br)c1. The third-order valence-electron chi connectivity index (χ3n) is 4.63. The number of rotatable bonds is 3. The molecule has 1 aliphatic carbocycles. The molecule has 3 N–H and O–H groups in total. The standard InChI is InChI=1S/C16H25BrN2/c1-12-10-15(2,3)7-8-16(12,11-18)19-14-6-4-5-13(17)9-14/h4-6,9,12,19H,7-8,10-11,18H2,1-3H3. The van der Waals surface area contributed by atoms with Gasteiger partial charge < -0.3 is 11.1 Å². The summed E-state index contributed by atoms with van der Waals surface area (Å²) in [5.74, 6) is 0.584. The first-order chi connectivity index (χ1) is 8.87. The second kappa shape index (κ2) is 5.45. The van der Waals surface area contributed by atoms with E-state index >= 15 is 0 Å². The number of nitrogens with one attached hydrogen (secondary N) is 1. The molecule has 0 aromatic heterocycles. The maximum Gasteiger partial charge on any atom is 0.0521 e. The number of benzene rings is 1. The van der Waals surface area contributed by atoms with Crippen molar-refractivity contribution in [3.05, 3.63) is 28.7 Å². The minimum Gasteiger partial charge on any atom is -0.378 e. The highest BCUT2D eigenvalue weighted by molar-refractivity contribution is 9.10. The van der Waals surface area contributed by atoms with Gasteiger partial charge in [0.1, 0.15) is 0 Å². The van der Waals surface area contributed by atoms with Gasteiger partial charge in [-0.2, -0.15) is 0 Å².